The first-order valence-corrected chi connectivity index (χ1v) is 7.95. The van der Waals surface area contributed by atoms with Crippen LogP contribution < -0.4 is 10.6 Å². The number of carbonyl (C=O) groups excluding carboxylic acids is 2. The van der Waals surface area contributed by atoms with Crippen molar-refractivity contribution in [1.82, 2.24) is 14.8 Å². The van der Waals surface area contributed by atoms with Crippen molar-refractivity contribution in [3.63, 3.8) is 0 Å². The van der Waals surface area contributed by atoms with Crippen molar-refractivity contribution < 1.29 is 14.0 Å². The summed E-state index contributed by atoms with van der Waals surface area (Å²) >= 11 is 0. The summed E-state index contributed by atoms with van der Waals surface area (Å²) in [4.78, 5) is 28.4. The number of aryl methyl sites for hydroxylation is 3. The van der Waals surface area contributed by atoms with Gasteiger partial charge in [0.05, 0.1) is 22.3 Å². The molecule has 0 atom stereocenters. The van der Waals surface area contributed by atoms with Crippen molar-refractivity contribution in [2.75, 3.05) is 10.6 Å². The second-order valence-corrected chi connectivity index (χ2v) is 6.05. The molecule has 0 aliphatic carbocycles. The molecule has 2 amide bonds. The van der Waals surface area contributed by atoms with Crippen LogP contribution in [-0.4, -0.2) is 26.6 Å². The number of hydrogen-bond acceptors (Lipinski definition) is 4. The molecule has 7 nitrogen and oxygen atoms in total. The van der Waals surface area contributed by atoms with Gasteiger partial charge in [0.1, 0.15) is 5.82 Å². The first-order chi connectivity index (χ1) is 12.3. The van der Waals surface area contributed by atoms with Crippen molar-refractivity contribution in [2.24, 2.45) is 7.05 Å². The highest BCUT2D eigenvalue weighted by Gasteiger charge is 2.18. The minimum absolute atomic E-state index is 0.00362. The predicted octanol–water partition coefficient (Wildman–Crippen LogP) is 2.93. The minimum Gasteiger partial charge on any atom is -0.324 e. The van der Waals surface area contributed by atoms with Crippen LogP contribution in [0.4, 0.5) is 15.8 Å². The third-order valence-corrected chi connectivity index (χ3v) is 3.88. The number of anilines is 2. The second-order valence-electron chi connectivity index (χ2n) is 6.05. The molecule has 0 saturated heterocycles. The van der Waals surface area contributed by atoms with Crippen LogP contribution in [0.5, 0.6) is 0 Å². The highest BCUT2D eigenvalue weighted by atomic mass is 19.1. The van der Waals surface area contributed by atoms with Crippen molar-refractivity contribution in [1.29, 1.82) is 0 Å². The topological polar surface area (TPSA) is 88.9 Å². The lowest BCUT2D eigenvalue weighted by Gasteiger charge is -2.10. The summed E-state index contributed by atoms with van der Waals surface area (Å²) in [7, 11) is 1.77. The van der Waals surface area contributed by atoms with Gasteiger partial charge in [-0.15, -0.1) is 0 Å². The van der Waals surface area contributed by atoms with E-state index in [1.54, 1.807) is 24.7 Å². The van der Waals surface area contributed by atoms with E-state index in [4.69, 9.17) is 0 Å². The summed E-state index contributed by atoms with van der Waals surface area (Å²) < 4.78 is 15.4. The number of amides is 2. The van der Waals surface area contributed by atoms with E-state index in [2.05, 4.69) is 20.7 Å². The molecule has 3 aromatic rings. The van der Waals surface area contributed by atoms with Crippen LogP contribution in [0.2, 0.25) is 0 Å². The van der Waals surface area contributed by atoms with Crippen LogP contribution in [0.15, 0.2) is 24.3 Å². The minimum atomic E-state index is -0.580. The molecule has 0 saturated carbocycles. The van der Waals surface area contributed by atoms with Crippen molar-refractivity contribution >= 4 is 34.2 Å². The fourth-order valence-electron chi connectivity index (χ4n) is 2.84. The molecular formula is C18H18FN5O2. The van der Waals surface area contributed by atoms with Crippen LogP contribution >= 0.6 is 0 Å². The van der Waals surface area contributed by atoms with Gasteiger partial charge in [-0.3, -0.25) is 14.3 Å². The Morgan fingerprint density at radius 1 is 1.15 bits per heavy atom. The molecule has 0 aliphatic heterocycles. The summed E-state index contributed by atoms with van der Waals surface area (Å²) in [6.45, 7) is 4.89. The highest BCUT2D eigenvalue weighted by Crippen LogP contribution is 2.24. The van der Waals surface area contributed by atoms with E-state index < -0.39 is 11.7 Å². The molecule has 2 aromatic heterocycles. The van der Waals surface area contributed by atoms with Crippen molar-refractivity contribution in [3.05, 3.63) is 47.0 Å². The number of fused-ring (bicyclic) bond motifs is 1. The molecule has 26 heavy (non-hydrogen) atoms. The van der Waals surface area contributed by atoms with Gasteiger partial charge < -0.3 is 10.6 Å². The molecule has 0 aliphatic rings. The second kappa shape index (κ2) is 6.55. The number of aromatic nitrogens is 3. The standard InChI is InChI=1S/C18H18FN5O2/c1-9-7-13(16-10(2)23-24(4)17(16)20-9)18(26)22-12-5-6-14(19)15(8-12)21-11(3)25/h5-8H,1-4H3,(H,21,25)(H,22,26). The first kappa shape index (κ1) is 17.5. The van der Waals surface area contributed by atoms with Gasteiger partial charge >= 0.3 is 0 Å². The van der Waals surface area contributed by atoms with Gasteiger partial charge in [-0.2, -0.15) is 5.10 Å². The number of hydrogen-bond donors (Lipinski definition) is 2. The first-order valence-electron chi connectivity index (χ1n) is 7.95. The highest BCUT2D eigenvalue weighted by molar-refractivity contribution is 6.12. The van der Waals surface area contributed by atoms with Crippen molar-refractivity contribution in [2.45, 2.75) is 20.8 Å². The van der Waals surface area contributed by atoms with Gasteiger partial charge in [-0.1, -0.05) is 0 Å². The van der Waals surface area contributed by atoms with Gasteiger partial charge in [0.25, 0.3) is 5.91 Å². The fraction of sp³-hybridized carbons (Fsp3) is 0.222. The molecule has 2 heterocycles. The van der Waals surface area contributed by atoms with Crippen LogP contribution in [-0.2, 0) is 11.8 Å². The van der Waals surface area contributed by atoms with E-state index in [1.165, 1.54) is 25.1 Å². The largest absolute Gasteiger partial charge is 0.324 e. The monoisotopic (exact) mass is 355 g/mol. The Balaban J connectivity index is 1.99. The van der Waals surface area contributed by atoms with Crippen LogP contribution in [0.3, 0.4) is 0 Å². The van der Waals surface area contributed by atoms with E-state index in [1.807, 2.05) is 6.92 Å². The average molecular weight is 355 g/mol. The van der Waals surface area contributed by atoms with Gasteiger partial charge in [0.2, 0.25) is 5.91 Å². The Morgan fingerprint density at radius 2 is 1.88 bits per heavy atom. The number of rotatable bonds is 3. The molecule has 1 aromatic carbocycles. The molecule has 0 unspecified atom stereocenters. The lowest BCUT2D eigenvalue weighted by molar-refractivity contribution is -0.114. The Morgan fingerprint density at radius 3 is 2.58 bits per heavy atom. The summed E-state index contributed by atoms with van der Waals surface area (Å²) in [6, 6.07) is 5.67. The molecule has 0 bridgehead atoms. The molecule has 2 N–H and O–H groups in total. The molecule has 8 heteroatoms. The van der Waals surface area contributed by atoms with E-state index in [9.17, 15) is 14.0 Å². The lowest BCUT2D eigenvalue weighted by atomic mass is 10.1. The van der Waals surface area contributed by atoms with Crippen LogP contribution in [0, 0.1) is 19.7 Å². The number of benzene rings is 1. The van der Waals surface area contributed by atoms with E-state index in [-0.39, 0.29) is 11.6 Å². The zero-order valence-electron chi connectivity index (χ0n) is 14.8. The van der Waals surface area contributed by atoms with Gasteiger partial charge in [-0.25, -0.2) is 9.37 Å². The predicted molar refractivity (Wildman–Crippen MR) is 96.6 cm³/mol. The Bertz CT molecular complexity index is 1040. The smallest absolute Gasteiger partial charge is 0.256 e. The number of carbonyl (C=O) groups is 2. The van der Waals surface area contributed by atoms with Crippen LogP contribution in [0.25, 0.3) is 11.0 Å². The van der Waals surface area contributed by atoms with Crippen molar-refractivity contribution in [3.8, 4) is 0 Å². The quantitative estimate of drug-likeness (QED) is 0.756. The summed E-state index contributed by atoms with van der Waals surface area (Å²) in [5.41, 5.74) is 2.80. The van der Waals surface area contributed by atoms with E-state index in [0.717, 1.165) is 0 Å². The van der Waals surface area contributed by atoms with Gasteiger partial charge in [0.15, 0.2) is 5.65 Å². The third-order valence-electron chi connectivity index (χ3n) is 3.88. The normalized spacial score (nSPS) is 10.8. The zero-order chi connectivity index (χ0) is 19.0. The SMILES string of the molecule is CC(=O)Nc1cc(NC(=O)c2cc(C)nc3c2c(C)nn3C)ccc1F. The Hall–Kier alpha value is -3.29. The van der Waals surface area contributed by atoms with Gasteiger partial charge in [-0.05, 0) is 38.1 Å². The number of nitrogens with zero attached hydrogens (tertiary/aromatic N) is 3. The summed E-state index contributed by atoms with van der Waals surface area (Å²) in [5, 5.41) is 10.1. The van der Waals surface area contributed by atoms with E-state index >= 15 is 0 Å². The fourth-order valence-corrected chi connectivity index (χ4v) is 2.84. The maximum absolute atomic E-state index is 13.8. The summed E-state index contributed by atoms with van der Waals surface area (Å²) in [6.07, 6.45) is 0. The third kappa shape index (κ3) is 3.26. The number of pyridine rings is 1. The maximum atomic E-state index is 13.8. The van der Waals surface area contributed by atoms with Crippen LogP contribution in [0.1, 0.15) is 28.7 Å². The Kier molecular flexibility index (Phi) is 4.41. The lowest BCUT2D eigenvalue weighted by Crippen LogP contribution is -2.14. The summed E-state index contributed by atoms with van der Waals surface area (Å²) in [5.74, 6) is -1.34. The molecule has 134 valence electrons. The number of halogens is 1. The zero-order valence-corrected chi connectivity index (χ0v) is 14.8. The number of nitrogens with one attached hydrogen (secondary N) is 2. The Labute approximate surface area is 149 Å². The van der Waals surface area contributed by atoms with E-state index in [0.29, 0.717) is 33.7 Å². The average Bonchev–Trinajstić information content (AvgIpc) is 2.83. The molecule has 0 fully saturated rings. The molecular weight excluding hydrogens is 337 g/mol. The maximum Gasteiger partial charge on any atom is 0.256 e. The molecule has 0 spiro atoms. The molecule has 0 radical (unpaired) electrons. The molecule has 3 rings (SSSR count). The van der Waals surface area contributed by atoms with Gasteiger partial charge in [0, 0.05) is 25.4 Å².